The Morgan fingerprint density at radius 3 is 2.79 bits per heavy atom. The normalized spacial score (nSPS) is 18.6. The summed E-state index contributed by atoms with van der Waals surface area (Å²) in [5, 5.41) is 12.0. The smallest absolute Gasteiger partial charge is 0.310 e. The lowest BCUT2D eigenvalue weighted by atomic mass is 10.1. The van der Waals surface area contributed by atoms with Gasteiger partial charge in [-0.1, -0.05) is 12.1 Å². The van der Waals surface area contributed by atoms with Gasteiger partial charge in [0, 0.05) is 19.6 Å². The Bertz CT molecular complexity index is 546. The van der Waals surface area contributed by atoms with Crippen molar-refractivity contribution in [1.29, 1.82) is 0 Å². The van der Waals surface area contributed by atoms with Crippen LogP contribution in [0.25, 0.3) is 0 Å². The number of hydrogen-bond acceptors (Lipinski definition) is 5. The third-order valence-corrected chi connectivity index (χ3v) is 3.96. The Hall–Kier alpha value is -2.12. The second-order valence-electron chi connectivity index (χ2n) is 5.79. The number of rotatable bonds is 7. The number of methoxy groups -OCH3 is 1. The maximum absolute atomic E-state index is 12.0. The maximum Gasteiger partial charge on any atom is 0.310 e. The molecule has 1 amide bonds. The highest BCUT2D eigenvalue weighted by molar-refractivity contribution is 5.78. The van der Waals surface area contributed by atoms with Crippen molar-refractivity contribution in [1.82, 2.24) is 10.2 Å². The molecule has 0 spiro atoms. The highest BCUT2D eigenvalue weighted by Gasteiger charge is 2.25. The van der Waals surface area contributed by atoms with Crippen LogP contribution in [0.4, 0.5) is 0 Å². The SMILES string of the molecule is COc1ccc(CCNC(=O)CN2CCOCC(C(=O)O)C2)cc1. The molecule has 1 aromatic carbocycles. The number of ether oxygens (including phenoxy) is 2. The first-order valence-corrected chi connectivity index (χ1v) is 8.01. The summed E-state index contributed by atoms with van der Waals surface area (Å²) in [6.45, 7) is 2.28. The number of nitrogens with zero attached hydrogens (tertiary/aromatic N) is 1. The van der Waals surface area contributed by atoms with Crippen LogP contribution in [0.5, 0.6) is 5.75 Å². The van der Waals surface area contributed by atoms with Crippen molar-refractivity contribution in [2.45, 2.75) is 6.42 Å². The second kappa shape index (κ2) is 9.24. The largest absolute Gasteiger partial charge is 0.497 e. The average Bonchev–Trinajstić information content (AvgIpc) is 2.81. The van der Waals surface area contributed by atoms with Crippen molar-refractivity contribution in [3.63, 3.8) is 0 Å². The first-order chi connectivity index (χ1) is 11.6. The zero-order valence-corrected chi connectivity index (χ0v) is 13.9. The average molecular weight is 336 g/mol. The minimum Gasteiger partial charge on any atom is -0.497 e. The van der Waals surface area contributed by atoms with Crippen LogP contribution in [0, 0.1) is 5.92 Å². The molecule has 0 radical (unpaired) electrons. The predicted molar refractivity (Wildman–Crippen MR) is 88.1 cm³/mol. The van der Waals surface area contributed by atoms with Crippen molar-refractivity contribution in [2.24, 2.45) is 5.92 Å². The lowest BCUT2D eigenvalue weighted by molar-refractivity contribution is -0.144. The van der Waals surface area contributed by atoms with Crippen molar-refractivity contribution < 1.29 is 24.2 Å². The Balaban J connectivity index is 1.72. The van der Waals surface area contributed by atoms with Gasteiger partial charge in [0.1, 0.15) is 5.75 Å². The quantitative estimate of drug-likeness (QED) is 0.749. The summed E-state index contributed by atoms with van der Waals surface area (Å²) in [5.41, 5.74) is 1.12. The minimum absolute atomic E-state index is 0.102. The summed E-state index contributed by atoms with van der Waals surface area (Å²) in [7, 11) is 1.62. The molecule has 1 atom stereocenters. The van der Waals surface area contributed by atoms with Gasteiger partial charge in [0.2, 0.25) is 5.91 Å². The molecule has 2 rings (SSSR count). The molecule has 0 bridgehead atoms. The van der Waals surface area contributed by atoms with Crippen LogP contribution in [-0.4, -0.2) is 68.4 Å². The van der Waals surface area contributed by atoms with Crippen LogP contribution < -0.4 is 10.1 Å². The summed E-state index contributed by atoms with van der Waals surface area (Å²) < 4.78 is 10.4. The van der Waals surface area contributed by atoms with Crippen LogP contribution in [0.2, 0.25) is 0 Å². The van der Waals surface area contributed by atoms with Crippen LogP contribution in [0.1, 0.15) is 5.56 Å². The number of hydrogen-bond donors (Lipinski definition) is 2. The van der Waals surface area contributed by atoms with E-state index in [2.05, 4.69) is 5.32 Å². The number of carboxylic acids is 1. The summed E-state index contributed by atoms with van der Waals surface area (Å²) in [6.07, 6.45) is 0.733. The van der Waals surface area contributed by atoms with Gasteiger partial charge in [-0.2, -0.15) is 0 Å². The summed E-state index contributed by atoms with van der Waals surface area (Å²) in [6, 6.07) is 7.71. The molecule has 1 unspecified atom stereocenters. The Morgan fingerprint density at radius 1 is 1.38 bits per heavy atom. The number of benzene rings is 1. The van der Waals surface area contributed by atoms with E-state index in [4.69, 9.17) is 14.6 Å². The fourth-order valence-corrected chi connectivity index (χ4v) is 2.57. The minimum atomic E-state index is -0.887. The number of carbonyl (C=O) groups is 2. The highest BCUT2D eigenvalue weighted by atomic mass is 16.5. The molecule has 0 saturated carbocycles. The number of aliphatic carboxylic acids is 1. The van der Waals surface area contributed by atoms with Crippen LogP contribution in [0.3, 0.4) is 0 Å². The lowest BCUT2D eigenvalue weighted by Gasteiger charge is -2.20. The number of carbonyl (C=O) groups excluding carboxylic acids is 1. The van der Waals surface area contributed by atoms with E-state index in [1.165, 1.54) is 0 Å². The molecular formula is C17H24N2O5. The predicted octanol–water partition coefficient (Wildman–Crippen LogP) is 0.387. The van der Waals surface area contributed by atoms with Crippen molar-refractivity contribution >= 4 is 11.9 Å². The van der Waals surface area contributed by atoms with E-state index in [0.717, 1.165) is 17.7 Å². The van der Waals surface area contributed by atoms with Gasteiger partial charge in [-0.05, 0) is 24.1 Å². The third kappa shape index (κ3) is 5.82. The lowest BCUT2D eigenvalue weighted by Crippen LogP contribution is -2.41. The molecule has 0 aliphatic carbocycles. The topological polar surface area (TPSA) is 88.1 Å². The van der Waals surface area contributed by atoms with Crippen molar-refractivity contribution in [3.8, 4) is 5.75 Å². The molecule has 0 aromatic heterocycles. The number of carboxylic acid groups (broad SMARTS) is 1. The third-order valence-electron chi connectivity index (χ3n) is 3.96. The van der Waals surface area contributed by atoms with E-state index >= 15 is 0 Å². The van der Waals surface area contributed by atoms with Crippen LogP contribution in [-0.2, 0) is 20.7 Å². The number of nitrogens with one attached hydrogen (secondary N) is 1. The van der Waals surface area contributed by atoms with Gasteiger partial charge < -0.3 is 19.9 Å². The van der Waals surface area contributed by atoms with Gasteiger partial charge in [0.25, 0.3) is 0 Å². The van der Waals surface area contributed by atoms with E-state index in [-0.39, 0.29) is 19.1 Å². The standard InChI is InChI=1S/C17H24N2O5/c1-23-15-4-2-13(3-5-15)6-7-18-16(20)11-19-8-9-24-12-14(10-19)17(21)22/h2-5,14H,6-12H2,1H3,(H,18,20)(H,21,22). The van der Waals surface area contributed by atoms with E-state index in [9.17, 15) is 9.59 Å². The molecule has 132 valence electrons. The fourth-order valence-electron chi connectivity index (χ4n) is 2.57. The Kier molecular flexibility index (Phi) is 7.02. The van der Waals surface area contributed by atoms with Gasteiger partial charge in [-0.25, -0.2) is 0 Å². The van der Waals surface area contributed by atoms with E-state index in [1.54, 1.807) is 7.11 Å². The van der Waals surface area contributed by atoms with Crippen LogP contribution >= 0.6 is 0 Å². The highest BCUT2D eigenvalue weighted by Crippen LogP contribution is 2.11. The molecule has 2 N–H and O–H groups in total. The van der Waals surface area contributed by atoms with Crippen molar-refractivity contribution in [3.05, 3.63) is 29.8 Å². The zero-order chi connectivity index (χ0) is 17.4. The van der Waals surface area contributed by atoms with E-state index in [1.807, 2.05) is 29.2 Å². The number of amides is 1. The molecule has 1 heterocycles. The van der Waals surface area contributed by atoms with E-state index < -0.39 is 11.9 Å². The summed E-state index contributed by atoms with van der Waals surface area (Å²) >= 11 is 0. The van der Waals surface area contributed by atoms with Gasteiger partial charge in [0.05, 0.1) is 32.8 Å². The second-order valence-corrected chi connectivity index (χ2v) is 5.79. The molecular weight excluding hydrogens is 312 g/mol. The Labute approximate surface area is 141 Å². The van der Waals surface area contributed by atoms with Crippen LogP contribution in [0.15, 0.2) is 24.3 Å². The molecule has 7 heteroatoms. The first-order valence-electron chi connectivity index (χ1n) is 8.01. The molecule has 1 aliphatic rings. The first kappa shape index (κ1) is 18.2. The monoisotopic (exact) mass is 336 g/mol. The Morgan fingerprint density at radius 2 is 2.12 bits per heavy atom. The molecule has 1 aliphatic heterocycles. The van der Waals surface area contributed by atoms with Crippen molar-refractivity contribution in [2.75, 3.05) is 46.5 Å². The van der Waals surface area contributed by atoms with E-state index in [0.29, 0.717) is 26.2 Å². The van der Waals surface area contributed by atoms with Gasteiger partial charge in [0.15, 0.2) is 0 Å². The maximum atomic E-state index is 12.0. The summed E-state index contributed by atoms with van der Waals surface area (Å²) in [4.78, 5) is 25.0. The molecule has 7 nitrogen and oxygen atoms in total. The summed E-state index contributed by atoms with van der Waals surface area (Å²) in [5.74, 6) is -0.768. The zero-order valence-electron chi connectivity index (χ0n) is 13.9. The molecule has 24 heavy (non-hydrogen) atoms. The fraction of sp³-hybridized carbons (Fsp3) is 0.529. The molecule has 1 fully saturated rings. The van der Waals surface area contributed by atoms with Gasteiger partial charge in [-0.15, -0.1) is 0 Å². The molecule has 1 aromatic rings. The van der Waals surface area contributed by atoms with Gasteiger partial charge >= 0.3 is 5.97 Å². The van der Waals surface area contributed by atoms with Gasteiger partial charge in [-0.3, -0.25) is 14.5 Å². The molecule has 1 saturated heterocycles.